The van der Waals surface area contributed by atoms with Gasteiger partial charge in [0.05, 0.1) is 10.6 Å². The highest BCUT2D eigenvalue weighted by atomic mass is 32.2. The molecule has 0 bridgehead atoms. The van der Waals surface area contributed by atoms with Crippen molar-refractivity contribution in [3.63, 3.8) is 0 Å². The lowest BCUT2D eigenvalue weighted by atomic mass is 10.2. The summed E-state index contributed by atoms with van der Waals surface area (Å²) in [4.78, 5) is 18.9. The van der Waals surface area contributed by atoms with E-state index in [1.165, 1.54) is 0 Å². The van der Waals surface area contributed by atoms with Crippen LogP contribution in [-0.2, 0) is 10.0 Å². The fourth-order valence-electron chi connectivity index (χ4n) is 2.18. The summed E-state index contributed by atoms with van der Waals surface area (Å²) in [6.45, 7) is 8.59. The standard InChI is InChI=1S/C16H21N3O3S2/c1-5-19(6-2)15(20)14-12(4)17-16(23-14)18-24(21,22)13-9-7-11(3)8-10-13/h7-10H,5-6H2,1-4H3,(H,17,18). The molecule has 2 rings (SSSR count). The maximum absolute atomic E-state index is 12.4. The van der Waals surface area contributed by atoms with Crippen molar-refractivity contribution < 1.29 is 13.2 Å². The van der Waals surface area contributed by atoms with Crippen LogP contribution in [0.3, 0.4) is 0 Å². The normalized spacial score (nSPS) is 11.3. The molecule has 0 aliphatic carbocycles. The van der Waals surface area contributed by atoms with E-state index in [0.717, 1.165) is 16.9 Å². The molecule has 8 heteroatoms. The van der Waals surface area contributed by atoms with E-state index in [2.05, 4.69) is 9.71 Å². The van der Waals surface area contributed by atoms with Crippen molar-refractivity contribution in [2.45, 2.75) is 32.6 Å². The van der Waals surface area contributed by atoms with Crippen LogP contribution >= 0.6 is 11.3 Å². The summed E-state index contributed by atoms with van der Waals surface area (Å²) in [6.07, 6.45) is 0. The number of nitrogens with one attached hydrogen (secondary N) is 1. The van der Waals surface area contributed by atoms with Gasteiger partial charge < -0.3 is 4.90 Å². The molecule has 1 heterocycles. The zero-order valence-corrected chi connectivity index (χ0v) is 15.8. The van der Waals surface area contributed by atoms with Gasteiger partial charge in [-0.25, -0.2) is 13.4 Å². The van der Waals surface area contributed by atoms with Gasteiger partial charge in [0.25, 0.3) is 15.9 Å². The maximum atomic E-state index is 12.4. The Bertz CT molecular complexity index is 823. The van der Waals surface area contributed by atoms with Gasteiger partial charge >= 0.3 is 0 Å². The SMILES string of the molecule is CCN(CC)C(=O)c1sc(NS(=O)(=O)c2ccc(C)cc2)nc1C. The lowest BCUT2D eigenvalue weighted by Crippen LogP contribution is -2.30. The van der Waals surface area contributed by atoms with Crippen molar-refractivity contribution in [3.8, 4) is 0 Å². The molecule has 130 valence electrons. The molecule has 0 unspecified atom stereocenters. The third kappa shape index (κ3) is 3.93. The zero-order chi connectivity index (χ0) is 17.9. The monoisotopic (exact) mass is 367 g/mol. The van der Waals surface area contributed by atoms with Crippen molar-refractivity contribution in [2.75, 3.05) is 17.8 Å². The van der Waals surface area contributed by atoms with Gasteiger partial charge in [-0.1, -0.05) is 29.0 Å². The number of amides is 1. The van der Waals surface area contributed by atoms with Crippen LogP contribution in [0.1, 0.15) is 34.8 Å². The molecule has 1 N–H and O–H groups in total. The molecule has 1 amide bonds. The van der Waals surface area contributed by atoms with E-state index in [0.29, 0.717) is 23.7 Å². The van der Waals surface area contributed by atoms with Gasteiger partial charge in [-0.15, -0.1) is 0 Å². The molecule has 0 aliphatic heterocycles. The minimum atomic E-state index is -3.72. The van der Waals surface area contributed by atoms with Gasteiger partial charge in [0.2, 0.25) is 0 Å². The van der Waals surface area contributed by atoms with Gasteiger partial charge in [0, 0.05) is 13.1 Å². The first kappa shape index (κ1) is 18.4. The van der Waals surface area contributed by atoms with Crippen LogP contribution in [0, 0.1) is 13.8 Å². The van der Waals surface area contributed by atoms with Gasteiger partial charge in [-0.05, 0) is 39.8 Å². The van der Waals surface area contributed by atoms with E-state index >= 15 is 0 Å². The largest absolute Gasteiger partial charge is 0.338 e. The number of hydrogen-bond donors (Lipinski definition) is 1. The Balaban J connectivity index is 2.27. The van der Waals surface area contributed by atoms with Crippen LogP contribution < -0.4 is 4.72 Å². The minimum Gasteiger partial charge on any atom is -0.338 e. The third-order valence-electron chi connectivity index (χ3n) is 3.59. The van der Waals surface area contributed by atoms with E-state index in [9.17, 15) is 13.2 Å². The third-order valence-corrected chi connectivity index (χ3v) is 6.14. The summed E-state index contributed by atoms with van der Waals surface area (Å²) >= 11 is 1.06. The predicted octanol–water partition coefficient (Wildman–Crippen LogP) is 3.04. The second-order valence-electron chi connectivity index (χ2n) is 5.33. The summed E-state index contributed by atoms with van der Waals surface area (Å²) in [5, 5.41) is 0.198. The van der Waals surface area contributed by atoms with Crippen LogP contribution in [0.2, 0.25) is 0 Å². The molecule has 2 aromatic rings. The summed E-state index contributed by atoms with van der Waals surface area (Å²) in [5.74, 6) is -0.129. The molecular weight excluding hydrogens is 346 g/mol. The van der Waals surface area contributed by atoms with E-state index < -0.39 is 10.0 Å². The number of sulfonamides is 1. The fourth-order valence-corrected chi connectivity index (χ4v) is 4.35. The maximum Gasteiger partial charge on any atom is 0.265 e. The van der Waals surface area contributed by atoms with E-state index in [-0.39, 0.29) is 15.9 Å². The number of hydrogen-bond acceptors (Lipinski definition) is 5. The highest BCUT2D eigenvalue weighted by Gasteiger charge is 2.22. The van der Waals surface area contributed by atoms with Crippen molar-refractivity contribution in [2.24, 2.45) is 0 Å². The Kier molecular flexibility index (Phi) is 5.61. The molecule has 0 saturated heterocycles. The average molecular weight is 367 g/mol. The first-order valence-corrected chi connectivity index (χ1v) is 9.94. The van der Waals surface area contributed by atoms with Crippen molar-refractivity contribution >= 4 is 32.4 Å². The van der Waals surface area contributed by atoms with Crippen LogP contribution in [0.25, 0.3) is 0 Å². The molecular formula is C16H21N3O3S2. The van der Waals surface area contributed by atoms with Crippen LogP contribution in [0.4, 0.5) is 5.13 Å². The Labute approximate surface area is 146 Å². The van der Waals surface area contributed by atoms with Crippen LogP contribution in [0.15, 0.2) is 29.2 Å². The van der Waals surface area contributed by atoms with Gasteiger partial charge in [0.15, 0.2) is 5.13 Å². The quantitative estimate of drug-likeness (QED) is 0.851. The topological polar surface area (TPSA) is 79.4 Å². The number of carbonyl (C=O) groups excluding carboxylic acids is 1. The Hall–Kier alpha value is -1.93. The number of benzene rings is 1. The lowest BCUT2D eigenvalue weighted by Gasteiger charge is -2.17. The summed E-state index contributed by atoms with van der Waals surface area (Å²) in [6, 6.07) is 6.55. The highest BCUT2D eigenvalue weighted by Crippen LogP contribution is 2.26. The number of rotatable bonds is 6. The summed E-state index contributed by atoms with van der Waals surface area (Å²) in [7, 11) is -3.72. The summed E-state index contributed by atoms with van der Waals surface area (Å²) in [5.41, 5.74) is 1.50. The van der Waals surface area contributed by atoms with Crippen LogP contribution in [-0.4, -0.2) is 37.3 Å². The number of nitrogens with zero attached hydrogens (tertiary/aromatic N) is 2. The van der Waals surface area contributed by atoms with E-state index in [1.807, 2.05) is 20.8 Å². The Morgan fingerprint density at radius 1 is 1.17 bits per heavy atom. The van der Waals surface area contributed by atoms with Crippen molar-refractivity contribution in [3.05, 3.63) is 40.4 Å². The second-order valence-corrected chi connectivity index (χ2v) is 8.01. The number of anilines is 1. The van der Waals surface area contributed by atoms with Gasteiger partial charge in [0.1, 0.15) is 4.88 Å². The molecule has 1 aromatic heterocycles. The highest BCUT2D eigenvalue weighted by molar-refractivity contribution is 7.93. The summed E-state index contributed by atoms with van der Waals surface area (Å²) < 4.78 is 27.3. The lowest BCUT2D eigenvalue weighted by molar-refractivity contribution is 0.0777. The second kappa shape index (κ2) is 7.31. The molecule has 1 aromatic carbocycles. The number of carbonyl (C=O) groups is 1. The molecule has 24 heavy (non-hydrogen) atoms. The van der Waals surface area contributed by atoms with E-state index in [4.69, 9.17) is 0 Å². The van der Waals surface area contributed by atoms with E-state index in [1.54, 1.807) is 36.1 Å². The first-order valence-electron chi connectivity index (χ1n) is 7.64. The molecule has 0 fully saturated rings. The predicted molar refractivity (Wildman–Crippen MR) is 96.1 cm³/mol. The Morgan fingerprint density at radius 3 is 2.29 bits per heavy atom. The molecule has 6 nitrogen and oxygen atoms in total. The zero-order valence-electron chi connectivity index (χ0n) is 14.2. The number of aryl methyl sites for hydroxylation is 2. The number of aromatic nitrogens is 1. The van der Waals surface area contributed by atoms with Gasteiger partial charge in [-0.2, -0.15) is 0 Å². The Morgan fingerprint density at radius 2 is 1.75 bits per heavy atom. The van der Waals surface area contributed by atoms with Crippen molar-refractivity contribution in [1.29, 1.82) is 0 Å². The molecule has 0 radical (unpaired) electrons. The fraction of sp³-hybridized carbons (Fsp3) is 0.375. The minimum absolute atomic E-state index is 0.129. The molecule has 0 aliphatic rings. The smallest absolute Gasteiger partial charge is 0.265 e. The van der Waals surface area contributed by atoms with Crippen molar-refractivity contribution in [1.82, 2.24) is 9.88 Å². The molecule has 0 atom stereocenters. The first-order chi connectivity index (χ1) is 11.3. The van der Waals surface area contributed by atoms with Crippen LogP contribution in [0.5, 0.6) is 0 Å². The van der Waals surface area contributed by atoms with Gasteiger partial charge in [-0.3, -0.25) is 9.52 Å². The molecule has 0 spiro atoms. The number of thiazole rings is 1. The average Bonchev–Trinajstić information content (AvgIpc) is 2.88. The molecule has 0 saturated carbocycles.